The van der Waals surface area contributed by atoms with E-state index >= 15 is 0 Å². The second-order valence-electron chi connectivity index (χ2n) is 5.27. The van der Waals surface area contributed by atoms with Gasteiger partial charge in [-0.3, -0.25) is 4.79 Å². The summed E-state index contributed by atoms with van der Waals surface area (Å²) in [5, 5.41) is 0.431. The topological polar surface area (TPSA) is 47.2 Å². The molecule has 0 aliphatic rings. The number of hydrogen-bond acceptors (Lipinski definition) is 4. The number of benzene rings is 2. The first kappa shape index (κ1) is 14.3. The van der Waals surface area contributed by atoms with Crippen molar-refractivity contribution < 1.29 is 4.79 Å². The number of carbonyl (C=O) groups is 1. The fraction of sp³-hybridized carbons (Fsp3) is 0.118. The number of aromatic nitrogens is 2. The summed E-state index contributed by atoms with van der Waals surface area (Å²) in [7, 11) is 1.94. The molecule has 6 heteroatoms. The van der Waals surface area contributed by atoms with E-state index in [0.29, 0.717) is 9.81 Å². The molecule has 0 saturated heterocycles. The molecule has 4 nitrogen and oxygen atoms in total. The zero-order chi connectivity index (χ0) is 16.0. The van der Waals surface area contributed by atoms with Crippen LogP contribution in [0.2, 0.25) is 0 Å². The van der Waals surface area contributed by atoms with Gasteiger partial charge in [0.1, 0.15) is 0 Å². The smallest absolute Gasteiger partial charge is 0.308 e. The molecule has 0 radical (unpaired) electrons. The largest absolute Gasteiger partial charge is 0.319 e. The molecule has 2 aromatic carbocycles. The summed E-state index contributed by atoms with van der Waals surface area (Å²) in [4.78, 5) is 21.8. The minimum Gasteiger partial charge on any atom is -0.319 e. The van der Waals surface area contributed by atoms with Crippen molar-refractivity contribution in [1.82, 2.24) is 9.55 Å². The van der Waals surface area contributed by atoms with Gasteiger partial charge in [-0.05, 0) is 30.7 Å². The minimum atomic E-state index is -0.286. The van der Waals surface area contributed by atoms with Crippen LogP contribution in [0, 0.1) is 6.92 Å². The highest BCUT2D eigenvalue weighted by molar-refractivity contribution is 7.20. The van der Waals surface area contributed by atoms with Gasteiger partial charge in [-0.25, -0.2) is 4.98 Å². The average Bonchev–Trinajstić information content (AvgIpc) is 3.10. The molecule has 1 amide bonds. The third-order valence-electron chi connectivity index (χ3n) is 3.70. The standard InChI is InChI=1S/C17H13N3OS2/c1-10-6-5-9-13-14(10)20(2)17(23-13)19-15(21)16-18-11-7-3-4-8-12(11)22-16/h3-9H,1-2H3. The molecule has 0 fully saturated rings. The second-order valence-corrected chi connectivity index (χ2v) is 7.31. The highest BCUT2D eigenvalue weighted by Gasteiger charge is 2.12. The molecule has 0 N–H and O–H groups in total. The number of nitrogens with zero attached hydrogens (tertiary/aromatic N) is 3. The van der Waals surface area contributed by atoms with E-state index in [9.17, 15) is 4.79 Å². The summed E-state index contributed by atoms with van der Waals surface area (Å²) in [6.45, 7) is 2.06. The van der Waals surface area contributed by atoms with Crippen LogP contribution in [0.15, 0.2) is 47.5 Å². The molecule has 0 unspecified atom stereocenters. The molecule has 0 atom stereocenters. The Morgan fingerprint density at radius 3 is 2.65 bits per heavy atom. The Bertz CT molecular complexity index is 1080. The fourth-order valence-electron chi connectivity index (χ4n) is 2.60. The summed E-state index contributed by atoms with van der Waals surface area (Å²) in [5.41, 5.74) is 3.14. The molecule has 23 heavy (non-hydrogen) atoms. The Morgan fingerprint density at radius 2 is 1.87 bits per heavy atom. The zero-order valence-electron chi connectivity index (χ0n) is 12.6. The molecule has 4 rings (SSSR count). The van der Waals surface area contributed by atoms with Crippen molar-refractivity contribution in [2.45, 2.75) is 6.92 Å². The van der Waals surface area contributed by atoms with Gasteiger partial charge in [0.2, 0.25) is 0 Å². The molecular formula is C17H13N3OS2. The molecule has 0 spiro atoms. The molecule has 0 saturated carbocycles. The summed E-state index contributed by atoms with van der Waals surface area (Å²) in [6, 6.07) is 13.9. The Kier molecular flexibility index (Phi) is 3.36. The Hall–Kier alpha value is -2.31. The van der Waals surface area contributed by atoms with Crippen molar-refractivity contribution >= 4 is 49.0 Å². The quantitative estimate of drug-likeness (QED) is 0.528. The minimum absolute atomic E-state index is 0.286. The lowest BCUT2D eigenvalue weighted by Gasteiger charge is -1.98. The van der Waals surface area contributed by atoms with Gasteiger partial charge in [-0.1, -0.05) is 35.6 Å². The van der Waals surface area contributed by atoms with Crippen LogP contribution in [-0.4, -0.2) is 15.5 Å². The molecule has 2 aromatic heterocycles. The zero-order valence-corrected chi connectivity index (χ0v) is 14.2. The molecule has 0 aliphatic carbocycles. The van der Waals surface area contributed by atoms with Crippen LogP contribution in [0.1, 0.15) is 15.4 Å². The lowest BCUT2D eigenvalue weighted by Crippen LogP contribution is -2.13. The lowest BCUT2D eigenvalue weighted by atomic mass is 10.2. The van der Waals surface area contributed by atoms with Gasteiger partial charge in [0.05, 0.1) is 20.4 Å². The Balaban J connectivity index is 1.85. The number of aryl methyl sites for hydroxylation is 2. The first-order valence-electron chi connectivity index (χ1n) is 7.13. The predicted octanol–water partition coefficient (Wildman–Crippen LogP) is 3.90. The van der Waals surface area contributed by atoms with Gasteiger partial charge < -0.3 is 4.57 Å². The van der Waals surface area contributed by atoms with Gasteiger partial charge in [0, 0.05) is 7.05 Å². The van der Waals surface area contributed by atoms with E-state index in [2.05, 4.69) is 23.0 Å². The summed E-state index contributed by atoms with van der Waals surface area (Å²) in [6.07, 6.45) is 0. The number of para-hydroxylation sites is 2. The van der Waals surface area contributed by atoms with Crippen molar-refractivity contribution in [3.63, 3.8) is 0 Å². The Morgan fingerprint density at radius 1 is 1.09 bits per heavy atom. The van der Waals surface area contributed by atoms with Gasteiger partial charge in [0.25, 0.3) is 0 Å². The summed E-state index contributed by atoms with van der Waals surface area (Å²) >= 11 is 2.90. The maximum atomic E-state index is 12.5. The van der Waals surface area contributed by atoms with E-state index in [1.165, 1.54) is 28.2 Å². The maximum Gasteiger partial charge on any atom is 0.308 e. The average molecular weight is 339 g/mol. The molecule has 4 aromatic rings. The Labute approximate surface area is 140 Å². The molecule has 2 heterocycles. The van der Waals surface area contributed by atoms with Crippen LogP contribution in [-0.2, 0) is 7.05 Å². The normalized spacial score (nSPS) is 12.3. The maximum absolute atomic E-state index is 12.5. The molecular weight excluding hydrogens is 326 g/mol. The monoisotopic (exact) mass is 339 g/mol. The van der Waals surface area contributed by atoms with Crippen LogP contribution in [0.5, 0.6) is 0 Å². The number of carbonyl (C=O) groups excluding carboxylic acids is 1. The van der Waals surface area contributed by atoms with E-state index in [-0.39, 0.29) is 5.91 Å². The third-order valence-corrected chi connectivity index (χ3v) is 5.82. The van der Waals surface area contributed by atoms with Crippen LogP contribution >= 0.6 is 22.7 Å². The second kappa shape index (κ2) is 5.40. The van der Waals surface area contributed by atoms with Crippen molar-refractivity contribution in [1.29, 1.82) is 0 Å². The van der Waals surface area contributed by atoms with Crippen LogP contribution < -0.4 is 4.80 Å². The van der Waals surface area contributed by atoms with Crippen molar-refractivity contribution in [2.24, 2.45) is 12.0 Å². The van der Waals surface area contributed by atoms with E-state index in [1.807, 2.05) is 48.0 Å². The SMILES string of the molecule is Cc1cccc2sc(=NC(=O)c3nc4ccccc4s3)n(C)c12. The van der Waals surface area contributed by atoms with Crippen molar-refractivity contribution in [3.8, 4) is 0 Å². The fourth-order valence-corrected chi connectivity index (χ4v) is 4.55. The molecule has 114 valence electrons. The van der Waals surface area contributed by atoms with Crippen LogP contribution in [0.4, 0.5) is 0 Å². The van der Waals surface area contributed by atoms with Gasteiger partial charge in [-0.15, -0.1) is 11.3 Å². The molecule has 0 aliphatic heterocycles. The van der Waals surface area contributed by atoms with E-state index in [1.54, 1.807) is 0 Å². The van der Waals surface area contributed by atoms with E-state index in [4.69, 9.17) is 0 Å². The highest BCUT2D eigenvalue weighted by Crippen LogP contribution is 2.23. The molecule has 0 bridgehead atoms. The third kappa shape index (κ3) is 2.40. The first-order valence-corrected chi connectivity index (χ1v) is 8.76. The number of thiazole rings is 2. The van der Waals surface area contributed by atoms with Gasteiger partial charge in [-0.2, -0.15) is 4.99 Å². The first-order chi connectivity index (χ1) is 11.1. The van der Waals surface area contributed by atoms with E-state index < -0.39 is 0 Å². The van der Waals surface area contributed by atoms with Crippen LogP contribution in [0.3, 0.4) is 0 Å². The number of fused-ring (bicyclic) bond motifs is 2. The number of amides is 1. The summed E-state index contributed by atoms with van der Waals surface area (Å²) in [5.74, 6) is -0.286. The number of rotatable bonds is 1. The number of hydrogen-bond donors (Lipinski definition) is 0. The van der Waals surface area contributed by atoms with E-state index in [0.717, 1.165) is 20.4 Å². The summed E-state index contributed by atoms with van der Waals surface area (Å²) < 4.78 is 4.10. The van der Waals surface area contributed by atoms with Crippen molar-refractivity contribution in [3.05, 3.63) is 57.8 Å². The lowest BCUT2D eigenvalue weighted by molar-refractivity contribution is 0.0998. The van der Waals surface area contributed by atoms with Gasteiger partial charge >= 0.3 is 5.91 Å². The van der Waals surface area contributed by atoms with Crippen LogP contribution in [0.25, 0.3) is 20.4 Å². The van der Waals surface area contributed by atoms with Gasteiger partial charge in [0.15, 0.2) is 9.81 Å². The van der Waals surface area contributed by atoms with Crippen molar-refractivity contribution in [2.75, 3.05) is 0 Å². The highest BCUT2D eigenvalue weighted by atomic mass is 32.1. The predicted molar refractivity (Wildman–Crippen MR) is 95.0 cm³/mol.